The van der Waals surface area contributed by atoms with Crippen LogP contribution in [0.15, 0.2) is 29.2 Å². The molecule has 0 fully saturated rings. The summed E-state index contributed by atoms with van der Waals surface area (Å²) in [7, 11) is -3.77. The summed E-state index contributed by atoms with van der Waals surface area (Å²) in [5.41, 5.74) is 0. The summed E-state index contributed by atoms with van der Waals surface area (Å²) in [4.78, 5) is 21.4. The van der Waals surface area contributed by atoms with E-state index in [0.717, 1.165) is 3.57 Å². The highest BCUT2D eigenvalue weighted by molar-refractivity contribution is 14.1. The number of carboxylic acids is 1. The molecule has 0 aliphatic rings. The summed E-state index contributed by atoms with van der Waals surface area (Å²) >= 11 is 2.04. The maximum absolute atomic E-state index is 11.8. The van der Waals surface area contributed by atoms with Crippen molar-refractivity contribution in [2.75, 3.05) is 13.1 Å². The third-order valence-corrected chi connectivity index (χ3v) is 4.12. The Morgan fingerprint density at radius 2 is 1.74 bits per heavy atom. The Hall–Kier alpha value is -1.20. The van der Waals surface area contributed by atoms with Crippen LogP contribution in [0.1, 0.15) is 0 Å². The van der Waals surface area contributed by atoms with E-state index in [4.69, 9.17) is 5.11 Å². The van der Waals surface area contributed by atoms with Crippen LogP contribution in [-0.4, -0.2) is 38.5 Å². The molecule has 0 aromatic heterocycles. The molecule has 0 saturated heterocycles. The van der Waals surface area contributed by atoms with Crippen molar-refractivity contribution in [1.29, 1.82) is 0 Å². The van der Waals surface area contributed by atoms with Crippen LogP contribution in [0.4, 0.5) is 0 Å². The van der Waals surface area contributed by atoms with Crippen molar-refractivity contribution < 1.29 is 23.1 Å². The van der Waals surface area contributed by atoms with Gasteiger partial charge in [-0.1, -0.05) is 0 Å². The Bertz CT molecular complexity index is 570. The summed E-state index contributed by atoms with van der Waals surface area (Å²) in [6.45, 7) is -1.06. The van der Waals surface area contributed by atoms with E-state index in [-0.39, 0.29) is 4.90 Å². The second-order valence-electron chi connectivity index (χ2n) is 3.45. The van der Waals surface area contributed by atoms with Gasteiger partial charge in [-0.05, 0) is 46.9 Å². The van der Waals surface area contributed by atoms with Crippen molar-refractivity contribution in [1.82, 2.24) is 10.0 Å². The highest BCUT2D eigenvalue weighted by Crippen LogP contribution is 2.11. The molecule has 0 atom stereocenters. The van der Waals surface area contributed by atoms with Gasteiger partial charge in [0, 0.05) is 3.57 Å². The van der Waals surface area contributed by atoms with Crippen molar-refractivity contribution in [3.63, 3.8) is 0 Å². The zero-order chi connectivity index (χ0) is 14.5. The van der Waals surface area contributed by atoms with Crippen LogP contribution in [0, 0.1) is 3.57 Å². The summed E-state index contributed by atoms with van der Waals surface area (Å²) in [6, 6.07) is 6.08. The molecule has 7 nitrogen and oxygen atoms in total. The molecule has 3 N–H and O–H groups in total. The van der Waals surface area contributed by atoms with E-state index in [2.05, 4.69) is 4.72 Å². The largest absolute Gasteiger partial charge is 0.480 e. The fourth-order valence-electron chi connectivity index (χ4n) is 1.09. The van der Waals surface area contributed by atoms with E-state index in [1.807, 2.05) is 27.9 Å². The molecule has 0 heterocycles. The Morgan fingerprint density at radius 3 is 2.26 bits per heavy atom. The maximum atomic E-state index is 11.8. The highest BCUT2D eigenvalue weighted by atomic mass is 127. The van der Waals surface area contributed by atoms with Gasteiger partial charge in [-0.2, -0.15) is 0 Å². The van der Waals surface area contributed by atoms with E-state index in [1.165, 1.54) is 12.1 Å². The van der Waals surface area contributed by atoms with Crippen LogP contribution in [-0.2, 0) is 19.6 Å². The summed E-state index contributed by atoms with van der Waals surface area (Å²) < 4.78 is 26.5. The first kappa shape index (κ1) is 15.9. The number of nitrogens with one attached hydrogen (secondary N) is 2. The zero-order valence-corrected chi connectivity index (χ0v) is 12.6. The molecule has 1 rings (SSSR count). The number of hydrogen-bond acceptors (Lipinski definition) is 4. The number of carbonyl (C=O) groups excluding carboxylic acids is 1. The van der Waals surface area contributed by atoms with Crippen molar-refractivity contribution in [3.05, 3.63) is 27.8 Å². The molecule has 9 heteroatoms. The number of rotatable bonds is 6. The van der Waals surface area contributed by atoms with E-state index < -0.39 is 35.0 Å². The van der Waals surface area contributed by atoms with Crippen molar-refractivity contribution in [2.24, 2.45) is 0 Å². The zero-order valence-electron chi connectivity index (χ0n) is 9.59. The van der Waals surface area contributed by atoms with Crippen LogP contribution in [0.2, 0.25) is 0 Å². The van der Waals surface area contributed by atoms with E-state index in [0.29, 0.717) is 0 Å². The number of carboxylic acid groups (broad SMARTS) is 1. The Labute approximate surface area is 123 Å². The standard InChI is InChI=1S/C10H11IN2O5S/c11-7-1-3-8(4-2-7)19(17,18)13-5-9(14)12-6-10(15)16/h1-4,13H,5-6H2,(H,12,14)(H,15,16). The molecule has 0 saturated carbocycles. The van der Waals surface area contributed by atoms with Crippen molar-refractivity contribution >= 4 is 44.5 Å². The molecule has 0 unspecified atom stereocenters. The number of carbonyl (C=O) groups is 2. The van der Waals surface area contributed by atoms with Crippen LogP contribution in [0.3, 0.4) is 0 Å². The molecular formula is C10H11IN2O5S. The van der Waals surface area contributed by atoms with Crippen LogP contribution < -0.4 is 10.0 Å². The lowest BCUT2D eigenvalue weighted by Gasteiger charge is -2.06. The summed E-state index contributed by atoms with van der Waals surface area (Å²) in [5, 5.41) is 10.4. The van der Waals surface area contributed by atoms with Gasteiger partial charge >= 0.3 is 5.97 Å². The minimum absolute atomic E-state index is 0.0407. The fourth-order valence-corrected chi connectivity index (χ4v) is 2.44. The average Bonchev–Trinajstić information content (AvgIpc) is 2.34. The van der Waals surface area contributed by atoms with Crippen LogP contribution >= 0.6 is 22.6 Å². The SMILES string of the molecule is O=C(O)CNC(=O)CNS(=O)(=O)c1ccc(I)cc1. The minimum Gasteiger partial charge on any atom is -0.480 e. The molecule has 1 amide bonds. The molecule has 0 radical (unpaired) electrons. The van der Waals surface area contributed by atoms with E-state index in [1.54, 1.807) is 12.1 Å². The number of amides is 1. The first-order valence-corrected chi connectivity index (χ1v) is 7.61. The smallest absolute Gasteiger partial charge is 0.322 e. The Balaban J connectivity index is 2.58. The van der Waals surface area contributed by atoms with E-state index >= 15 is 0 Å². The molecule has 0 aliphatic heterocycles. The first-order chi connectivity index (χ1) is 8.81. The summed E-state index contributed by atoms with van der Waals surface area (Å²) in [5.74, 6) is -1.91. The van der Waals surface area contributed by atoms with Gasteiger partial charge in [-0.25, -0.2) is 13.1 Å². The van der Waals surface area contributed by atoms with Crippen LogP contribution in [0.5, 0.6) is 0 Å². The number of sulfonamides is 1. The van der Waals surface area contributed by atoms with Gasteiger partial charge in [-0.15, -0.1) is 0 Å². The number of halogens is 1. The second-order valence-corrected chi connectivity index (χ2v) is 6.46. The van der Waals surface area contributed by atoms with Crippen molar-refractivity contribution in [3.8, 4) is 0 Å². The van der Waals surface area contributed by atoms with Gasteiger partial charge in [0.2, 0.25) is 15.9 Å². The quantitative estimate of drug-likeness (QED) is 0.574. The van der Waals surface area contributed by atoms with Gasteiger partial charge in [-0.3, -0.25) is 9.59 Å². The third-order valence-electron chi connectivity index (χ3n) is 1.98. The molecule has 19 heavy (non-hydrogen) atoms. The van der Waals surface area contributed by atoms with Crippen molar-refractivity contribution in [2.45, 2.75) is 4.90 Å². The molecule has 1 aromatic carbocycles. The van der Waals surface area contributed by atoms with E-state index in [9.17, 15) is 18.0 Å². The van der Waals surface area contributed by atoms with Gasteiger partial charge in [0.1, 0.15) is 6.54 Å². The lowest BCUT2D eigenvalue weighted by Crippen LogP contribution is -2.38. The number of hydrogen-bond donors (Lipinski definition) is 3. The fraction of sp³-hybridized carbons (Fsp3) is 0.200. The molecule has 0 spiro atoms. The molecular weight excluding hydrogens is 387 g/mol. The predicted molar refractivity (Wildman–Crippen MR) is 75.0 cm³/mol. The van der Waals surface area contributed by atoms with Crippen LogP contribution in [0.25, 0.3) is 0 Å². The topological polar surface area (TPSA) is 113 Å². The van der Waals surface area contributed by atoms with Gasteiger partial charge in [0.05, 0.1) is 11.4 Å². The molecule has 0 aliphatic carbocycles. The summed E-state index contributed by atoms with van der Waals surface area (Å²) in [6.07, 6.45) is 0. The molecule has 0 bridgehead atoms. The molecule has 104 valence electrons. The Morgan fingerprint density at radius 1 is 1.16 bits per heavy atom. The number of aliphatic carboxylic acids is 1. The second kappa shape index (κ2) is 6.82. The third kappa shape index (κ3) is 5.53. The van der Waals surface area contributed by atoms with Gasteiger partial charge in [0.25, 0.3) is 0 Å². The number of benzene rings is 1. The first-order valence-electron chi connectivity index (χ1n) is 5.05. The lowest BCUT2D eigenvalue weighted by molar-refractivity contribution is -0.137. The monoisotopic (exact) mass is 398 g/mol. The van der Waals surface area contributed by atoms with Gasteiger partial charge in [0.15, 0.2) is 0 Å². The maximum Gasteiger partial charge on any atom is 0.322 e. The normalized spacial score (nSPS) is 11.0. The minimum atomic E-state index is -3.77. The van der Waals surface area contributed by atoms with Gasteiger partial charge < -0.3 is 10.4 Å². The highest BCUT2D eigenvalue weighted by Gasteiger charge is 2.15. The lowest BCUT2D eigenvalue weighted by atomic mass is 10.4. The molecule has 1 aromatic rings. The predicted octanol–water partition coefficient (Wildman–Crippen LogP) is -0.230. The average molecular weight is 398 g/mol. The Kier molecular flexibility index (Phi) is 5.69.